The van der Waals surface area contributed by atoms with Gasteiger partial charge < -0.3 is 14.6 Å². The summed E-state index contributed by atoms with van der Waals surface area (Å²) in [6, 6.07) is 5.73. The van der Waals surface area contributed by atoms with Crippen molar-refractivity contribution in [2.45, 2.75) is 26.4 Å². The van der Waals surface area contributed by atoms with Crippen molar-refractivity contribution in [1.82, 2.24) is 24.3 Å². The van der Waals surface area contributed by atoms with Crippen molar-refractivity contribution >= 4 is 11.4 Å². The summed E-state index contributed by atoms with van der Waals surface area (Å²) < 4.78 is 8.91. The van der Waals surface area contributed by atoms with Crippen LogP contribution in [0.5, 0.6) is 0 Å². The molecule has 3 rings (SSSR count). The SMILES string of the molecule is COCCn1cnc(-c2nc(C(=O)NC(C)C)c3ccccn23)c1. The Morgan fingerprint density at radius 3 is 2.96 bits per heavy atom. The number of carbonyl (C=O) groups excluding carboxylic acids is 1. The minimum atomic E-state index is -0.182. The number of nitrogens with zero attached hydrogens (tertiary/aromatic N) is 4. The van der Waals surface area contributed by atoms with Gasteiger partial charge in [-0.2, -0.15) is 0 Å². The molecule has 24 heavy (non-hydrogen) atoms. The lowest BCUT2D eigenvalue weighted by Gasteiger charge is -2.06. The maximum Gasteiger partial charge on any atom is 0.272 e. The first-order valence-corrected chi connectivity index (χ1v) is 7.89. The van der Waals surface area contributed by atoms with E-state index in [-0.39, 0.29) is 11.9 Å². The molecule has 0 saturated carbocycles. The van der Waals surface area contributed by atoms with Gasteiger partial charge in [-0.1, -0.05) is 6.07 Å². The molecule has 7 nitrogen and oxygen atoms in total. The van der Waals surface area contributed by atoms with Gasteiger partial charge in [0, 0.05) is 32.1 Å². The van der Waals surface area contributed by atoms with Gasteiger partial charge in [-0.05, 0) is 26.0 Å². The van der Waals surface area contributed by atoms with Crippen LogP contribution in [0, 0.1) is 0 Å². The number of nitrogens with one attached hydrogen (secondary N) is 1. The molecular weight excluding hydrogens is 306 g/mol. The van der Waals surface area contributed by atoms with Crippen LogP contribution in [0.15, 0.2) is 36.9 Å². The van der Waals surface area contributed by atoms with E-state index in [1.165, 1.54) is 0 Å². The summed E-state index contributed by atoms with van der Waals surface area (Å²) >= 11 is 0. The average molecular weight is 327 g/mol. The molecule has 0 unspecified atom stereocenters. The van der Waals surface area contributed by atoms with Crippen LogP contribution < -0.4 is 5.32 Å². The second kappa shape index (κ2) is 6.84. The Hall–Kier alpha value is -2.67. The third kappa shape index (κ3) is 3.16. The van der Waals surface area contributed by atoms with Crippen LogP contribution in [0.1, 0.15) is 24.3 Å². The van der Waals surface area contributed by atoms with Gasteiger partial charge in [0.2, 0.25) is 0 Å². The summed E-state index contributed by atoms with van der Waals surface area (Å²) in [6.07, 6.45) is 5.54. The molecule has 1 N–H and O–H groups in total. The maximum absolute atomic E-state index is 12.4. The number of fused-ring (bicyclic) bond motifs is 1. The molecule has 0 bridgehead atoms. The zero-order valence-electron chi connectivity index (χ0n) is 14.1. The van der Waals surface area contributed by atoms with Crippen LogP contribution in [0.25, 0.3) is 17.0 Å². The minimum absolute atomic E-state index is 0.0506. The van der Waals surface area contributed by atoms with Crippen molar-refractivity contribution in [3.63, 3.8) is 0 Å². The van der Waals surface area contributed by atoms with Crippen LogP contribution in [0.2, 0.25) is 0 Å². The summed E-state index contributed by atoms with van der Waals surface area (Å²) in [5.74, 6) is 0.467. The van der Waals surface area contributed by atoms with Crippen LogP contribution in [-0.4, -0.2) is 44.6 Å². The molecule has 3 heterocycles. The fourth-order valence-corrected chi connectivity index (χ4v) is 2.51. The van der Waals surface area contributed by atoms with E-state index in [0.29, 0.717) is 24.7 Å². The summed E-state index contributed by atoms with van der Waals surface area (Å²) in [4.78, 5) is 21.4. The molecule has 0 fully saturated rings. The topological polar surface area (TPSA) is 73.4 Å². The first-order valence-electron chi connectivity index (χ1n) is 7.89. The van der Waals surface area contributed by atoms with Crippen molar-refractivity contribution in [1.29, 1.82) is 0 Å². The predicted molar refractivity (Wildman–Crippen MR) is 90.9 cm³/mol. The Morgan fingerprint density at radius 1 is 1.38 bits per heavy atom. The predicted octanol–water partition coefficient (Wildman–Crippen LogP) is 1.98. The molecule has 3 aromatic rings. The van der Waals surface area contributed by atoms with E-state index in [4.69, 9.17) is 4.74 Å². The first-order chi connectivity index (χ1) is 11.6. The van der Waals surface area contributed by atoms with E-state index in [2.05, 4.69) is 15.3 Å². The Balaban J connectivity index is 2.02. The summed E-state index contributed by atoms with van der Waals surface area (Å²) in [5, 5.41) is 2.89. The standard InChI is InChI=1S/C17H21N5O2/c1-12(2)19-17(23)15-14-6-4-5-7-22(14)16(20-15)13-10-21(11-18-13)8-9-24-3/h4-7,10-12H,8-9H2,1-3H3,(H,19,23). The van der Waals surface area contributed by atoms with E-state index in [9.17, 15) is 4.79 Å². The van der Waals surface area contributed by atoms with Gasteiger partial charge in [0.15, 0.2) is 11.5 Å². The third-order valence-corrected chi connectivity index (χ3v) is 3.60. The van der Waals surface area contributed by atoms with E-state index < -0.39 is 0 Å². The van der Waals surface area contributed by atoms with Crippen LogP contribution in [-0.2, 0) is 11.3 Å². The van der Waals surface area contributed by atoms with Crippen molar-refractivity contribution in [3.8, 4) is 11.5 Å². The van der Waals surface area contributed by atoms with Crippen LogP contribution in [0.3, 0.4) is 0 Å². The lowest BCUT2D eigenvalue weighted by molar-refractivity contribution is 0.0940. The number of aromatic nitrogens is 4. The lowest BCUT2D eigenvalue weighted by atomic mass is 10.3. The molecule has 0 aliphatic rings. The van der Waals surface area contributed by atoms with Crippen LogP contribution in [0.4, 0.5) is 0 Å². The second-order valence-electron chi connectivity index (χ2n) is 5.86. The largest absolute Gasteiger partial charge is 0.383 e. The van der Waals surface area contributed by atoms with Gasteiger partial charge in [-0.3, -0.25) is 9.20 Å². The van der Waals surface area contributed by atoms with Gasteiger partial charge >= 0.3 is 0 Å². The number of carbonyl (C=O) groups is 1. The zero-order valence-corrected chi connectivity index (χ0v) is 14.1. The van der Waals surface area contributed by atoms with E-state index >= 15 is 0 Å². The van der Waals surface area contributed by atoms with Crippen molar-refractivity contribution in [3.05, 3.63) is 42.6 Å². The highest BCUT2D eigenvalue weighted by Crippen LogP contribution is 2.21. The van der Waals surface area contributed by atoms with Crippen molar-refractivity contribution in [2.75, 3.05) is 13.7 Å². The Bertz CT molecular complexity index is 850. The molecule has 0 saturated heterocycles. The van der Waals surface area contributed by atoms with Gasteiger partial charge in [0.1, 0.15) is 5.69 Å². The molecule has 0 aromatic carbocycles. The van der Waals surface area contributed by atoms with E-state index in [0.717, 1.165) is 11.2 Å². The highest BCUT2D eigenvalue weighted by Gasteiger charge is 2.19. The number of hydrogen-bond donors (Lipinski definition) is 1. The number of hydrogen-bond acceptors (Lipinski definition) is 4. The molecule has 0 spiro atoms. The molecule has 0 radical (unpaired) electrons. The number of rotatable bonds is 6. The van der Waals surface area contributed by atoms with Crippen molar-refractivity contribution in [2.24, 2.45) is 0 Å². The van der Waals surface area contributed by atoms with Gasteiger partial charge in [-0.25, -0.2) is 9.97 Å². The molecular formula is C17H21N5O2. The van der Waals surface area contributed by atoms with Gasteiger partial charge in [0.05, 0.1) is 18.5 Å². The highest BCUT2D eigenvalue weighted by molar-refractivity contribution is 6.00. The fourth-order valence-electron chi connectivity index (χ4n) is 2.51. The number of imidazole rings is 2. The third-order valence-electron chi connectivity index (χ3n) is 3.60. The minimum Gasteiger partial charge on any atom is -0.383 e. The molecule has 3 aromatic heterocycles. The van der Waals surface area contributed by atoms with Gasteiger partial charge in [-0.15, -0.1) is 0 Å². The van der Waals surface area contributed by atoms with Crippen LogP contribution >= 0.6 is 0 Å². The van der Waals surface area contributed by atoms with E-state index in [1.54, 1.807) is 13.4 Å². The normalized spacial score (nSPS) is 11.3. The Morgan fingerprint density at radius 2 is 2.21 bits per heavy atom. The molecule has 0 atom stereocenters. The molecule has 126 valence electrons. The Labute approximate surface area is 140 Å². The highest BCUT2D eigenvalue weighted by atomic mass is 16.5. The molecule has 0 aliphatic carbocycles. The maximum atomic E-state index is 12.4. The monoisotopic (exact) mass is 327 g/mol. The average Bonchev–Trinajstić information content (AvgIpc) is 3.16. The first kappa shape index (κ1) is 16.2. The fraction of sp³-hybridized carbons (Fsp3) is 0.353. The number of methoxy groups -OCH3 is 1. The van der Waals surface area contributed by atoms with Crippen molar-refractivity contribution < 1.29 is 9.53 Å². The lowest BCUT2D eigenvalue weighted by Crippen LogP contribution is -2.30. The summed E-state index contributed by atoms with van der Waals surface area (Å²) in [7, 11) is 1.67. The summed E-state index contributed by atoms with van der Waals surface area (Å²) in [6.45, 7) is 5.18. The Kier molecular flexibility index (Phi) is 4.61. The quantitative estimate of drug-likeness (QED) is 0.751. The van der Waals surface area contributed by atoms with E-state index in [1.807, 2.05) is 53.4 Å². The number of pyridine rings is 1. The zero-order chi connectivity index (χ0) is 17.1. The molecule has 7 heteroatoms. The second-order valence-corrected chi connectivity index (χ2v) is 5.86. The summed E-state index contributed by atoms with van der Waals surface area (Å²) in [5.41, 5.74) is 1.89. The van der Waals surface area contributed by atoms with Gasteiger partial charge in [0.25, 0.3) is 5.91 Å². The molecule has 0 aliphatic heterocycles. The number of ether oxygens (including phenoxy) is 1. The number of amides is 1. The molecule has 1 amide bonds. The smallest absolute Gasteiger partial charge is 0.272 e.